The van der Waals surface area contributed by atoms with Gasteiger partial charge in [-0.2, -0.15) is 0 Å². The molecule has 0 radical (unpaired) electrons. The van der Waals surface area contributed by atoms with Crippen molar-refractivity contribution < 1.29 is 19.1 Å². The number of ether oxygens (including phenoxy) is 1. The van der Waals surface area contributed by atoms with E-state index in [1.54, 1.807) is 55.5 Å². The molecule has 136 valence electrons. The van der Waals surface area contributed by atoms with E-state index in [2.05, 4.69) is 10.6 Å². The Bertz CT molecular complexity index is 780. The lowest BCUT2D eigenvalue weighted by Gasteiger charge is -2.18. The summed E-state index contributed by atoms with van der Waals surface area (Å²) < 4.78 is 5.46. The second kappa shape index (κ2) is 9.62. The van der Waals surface area contributed by atoms with Crippen molar-refractivity contribution in [1.82, 2.24) is 10.6 Å². The van der Waals surface area contributed by atoms with Gasteiger partial charge in [-0.25, -0.2) is 9.59 Å². The Morgan fingerprint density at radius 3 is 2.35 bits per heavy atom. The van der Waals surface area contributed by atoms with Gasteiger partial charge in [-0.1, -0.05) is 42.5 Å². The second-order valence-corrected chi connectivity index (χ2v) is 6.09. The van der Waals surface area contributed by atoms with Crippen LogP contribution in [0.25, 0.3) is 0 Å². The quantitative estimate of drug-likeness (QED) is 0.601. The van der Waals surface area contributed by atoms with Gasteiger partial charge >= 0.3 is 12.0 Å². The molecule has 1 atom stereocenters. The number of hydrogen-bond donors (Lipinski definition) is 2. The Hall–Kier alpha value is -2.80. The van der Waals surface area contributed by atoms with E-state index in [1.807, 2.05) is 12.3 Å². The van der Waals surface area contributed by atoms with Crippen LogP contribution in [0.4, 0.5) is 4.79 Å². The molecular weight excluding hydrogens is 352 g/mol. The van der Waals surface area contributed by atoms with Gasteiger partial charge in [0.15, 0.2) is 0 Å². The number of rotatable bonds is 6. The fraction of sp³-hybridized carbons (Fsp3) is 0.211. The molecule has 26 heavy (non-hydrogen) atoms. The maximum absolute atomic E-state index is 12.6. The number of amides is 3. The minimum atomic E-state index is -1.23. The molecule has 0 unspecified atom stereocenters. The molecule has 0 saturated heterocycles. The van der Waals surface area contributed by atoms with E-state index < -0.39 is 24.0 Å². The normalized spacial score (nSPS) is 11.3. The molecule has 7 heteroatoms. The SMILES string of the molecule is CCNC(=O)NC(=O)[C@H](OC(=O)c1ccccc1SC)c1ccccc1. The molecule has 0 bridgehead atoms. The Morgan fingerprint density at radius 2 is 1.69 bits per heavy atom. The Balaban J connectivity index is 2.25. The van der Waals surface area contributed by atoms with Crippen molar-refractivity contribution in [1.29, 1.82) is 0 Å². The minimum absolute atomic E-state index is 0.367. The smallest absolute Gasteiger partial charge is 0.340 e. The first kappa shape index (κ1) is 19.5. The monoisotopic (exact) mass is 372 g/mol. The molecule has 0 aliphatic carbocycles. The first-order valence-electron chi connectivity index (χ1n) is 8.04. The summed E-state index contributed by atoms with van der Waals surface area (Å²) in [7, 11) is 0. The van der Waals surface area contributed by atoms with Crippen molar-refractivity contribution >= 4 is 29.7 Å². The van der Waals surface area contributed by atoms with Crippen LogP contribution in [0.15, 0.2) is 59.5 Å². The summed E-state index contributed by atoms with van der Waals surface area (Å²) in [5, 5.41) is 4.66. The van der Waals surface area contributed by atoms with Gasteiger partial charge in [-0.05, 0) is 25.3 Å². The van der Waals surface area contributed by atoms with E-state index in [-0.39, 0.29) is 0 Å². The number of imide groups is 1. The number of carbonyl (C=O) groups excluding carboxylic acids is 3. The number of esters is 1. The van der Waals surface area contributed by atoms with E-state index in [4.69, 9.17) is 4.74 Å². The van der Waals surface area contributed by atoms with E-state index in [1.165, 1.54) is 11.8 Å². The maximum Gasteiger partial charge on any atom is 0.340 e. The molecule has 0 heterocycles. The average molecular weight is 372 g/mol. The first-order chi connectivity index (χ1) is 12.6. The van der Waals surface area contributed by atoms with Gasteiger partial charge in [0.2, 0.25) is 6.10 Å². The molecule has 6 nitrogen and oxygen atoms in total. The van der Waals surface area contributed by atoms with Crippen LogP contribution in [0.5, 0.6) is 0 Å². The van der Waals surface area contributed by atoms with Crippen LogP contribution in [-0.2, 0) is 9.53 Å². The largest absolute Gasteiger partial charge is 0.444 e. The summed E-state index contributed by atoms with van der Waals surface area (Å²) >= 11 is 1.41. The molecule has 0 spiro atoms. The van der Waals surface area contributed by atoms with Crippen molar-refractivity contribution in [2.75, 3.05) is 12.8 Å². The highest BCUT2D eigenvalue weighted by atomic mass is 32.2. The van der Waals surface area contributed by atoms with Crippen LogP contribution in [0.2, 0.25) is 0 Å². The number of benzene rings is 2. The standard InChI is InChI=1S/C19H20N2O4S/c1-3-20-19(24)21-17(22)16(13-9-5-4-6-10-13)25-18(23)14-11-7-8-12-15(14)26-2/h4-12,16H,3H2,1-2H3,(H2,20,21,22,24)/t16-/m1/s1. The summed E-state index contributed by atoms with van der Waals surface area (Å²) in [5.41, 5.74) is 0.844. The predicted octanol–water partition coefficient (Wildman–Crippen LogP) is 3.15. The van der Waals surface area contributed by atoms with Crippen LogP contribution in [-0.4, -0.2) is 30.7 Å². The van der Waals surface area contributed by atoms with Crippen LogP contribution >= 0.6 is 11.8 Å². The fourth-order valence-corrected chi connectivity index (χ4v) is 2.85. The molecular formula is C19H20N2O4S. The zero-order chi connectivity index (χ0) is 18.9. The zero-order valence-corrected chi connectivity index (χ0v) is 15.3. The summed E-state index contributed by atoms with van der Waals surface area (Å²) in [6.07, 6.45) is 0.615. The third kappa shape index (κ3) is 5.10. The Morgan fingerprint density at radius 1 is 1.04 bits per heavy atom. The summed E-state index contributed by atoms with van der Waals surface area (Å²) in [4.78, 5) is 37.5. The number of urea groups is 1. The van der Waals surface area contributed by atoms with Gasteiger partial charge in [0, 0.05) is 17.0 Å². The molecule has 0 aromatic heterocycles. The molecule has 0 saturated carbocycles. The molecule has 0 fully saturated rings. The van der Waals surface area contributed by atoms with E-state index >= 15 is 0 Å². The Kier molecular flexibility index (Phi) is 7.23. The first-order valence-corrected chi connectivity index (χ1v) is 9.27. The van der Waals surface area contributed by atoms with Gasteiger partial charge in [-0.15, -0.1) is 11.8 Å². The molecule has 0 aliphatic rings. The van der Waals surface area contributed by atoms with Crippen molar-refractivity contribution in [3.63, 3.8) is 0 Å². The second-order valence-electron chi connectivity index (χ2n) is 5.25. The molecule has 2 N–H and O–H groups in total. The lowest BCUT2D eigenvalue weighted by Crippen LogP contribution is -2.42. The average Bonchev–Trinajstić information content (AvgIpc) is 2.66. The predicted molar refractivity (Wildman–Crippen MR) is 100 cm³/mol. The minimum Gasteiger partial charge on any atom is -0.444 e. The van der Waals surface area contributed by atoms with Crippen molar-refractivity contribution in [2.24, 2.45) is 0 Å². The molecule has 2 aromatic carbocycles. The maximum atomic E-state index is 12.6. The van der Waals surface area contributed by atoms with Crippen LogP contribution in [0.3, 0.4) is 0 Å². The van der Waals surface area contributed by atoms with Gasteiger partial charge < -0.3 is 10.1 Å². The molecule has 2 rings (SSSR count). The van der Waals surface area contributed by atoms with Crippen LogP contribution < -0.4 is 10.6 Å². The lowest BCUT2D eigenvalue weighted by atomic mass is 10.1. The van der Waals surface area contributed by atoms with Gasteiger partial charge in [0.05, 0.1) is 5.56 Å². The highest BCUT2D eigenvalue weighted by Crippen LogP contribution is 2.24. The third-order valence-electron chi connectivity index (χ3n) is 3.47. The highest BCUT2D eigenvalue weighted by molar-refractivity contribution is 7.98. The van der Waals surface area contributed by atoms with Gasteiger partial charge in [-0.3, -0.25) is 10.1 Å². The zero-order valence-electron chi connectivity index (χ0n) is 14.5. The van der Waals surface area contributed by atoms with Gasteiger partial charge in [0.25, 0.3) is 5.91 Å². The summed E-state index contributed by atoms with van der Waals surface area (Å²) in [6.45, 7) is 2.11. The summed E-state index contributed by atoms with van der Waals surface area (Å²) in [5.74, 6) is -1.34. The Labute approximate surface area is 156 Å². The fourth-order valence-electron chi connectivity index (χ4n) is 2.27. The summed E-state index contributed by atoms with van der Waals surface area (Å²) in [6, 6.07) is 14.9. The van der Waals surface area contributed by atoms with E-state index in [9.17, 15) is 14.4 Å². The molecule has 0 aliphatic heterocycles. The van der Waals surface area contributed by atoms with Gasteiger partial charge in [0.1, 0.15) is 0 Å². The van der Waals surface area contributed by atoms with E-state index in [0.29, 0.717) is 17.7 Å². The number of thioether (sulfide) groups is 1. The number of hydrogen-bond acceptors (Lipinski definition) is 5. The third-order valence-corrected chi connectivity index (χ3v) is 4.26. The van der Waals surface area contributed by atoms with Crippen molar-refractivity contribution in [3.8, 4) is 0 Å². The van der Waals surface area contributed by atoms with E-state index in [0.717, 1.165) is 4.90 Å². The number of nitrogens with one attached hydrogen (secondary N) is 2. The molecule has 3 amide bonds. The highest BCUT2D eigenvalue weighted by Gasteiger charge is 2.27. The lowest BCUT2D eigenvalue weighted by molar-refractivity contribution is -0.129. The topological polar surface area (TPSA) is 84.5 Å². The molecule has 2 aromatic rings. The van der Waals surface area contributed by atoms with Crippen LogP contribution in [0, 0.1) is 0 Å². The van der Waals surface area contributed by atoms with Crippen molar-refractivity contribution in [2.45, 2.75) is 17.9 Å². The number of carbonyl (C=O) groups is 3. The van der Waals surface area contributed by atoms with Crippen LogP contribution in [0.1, 0.15) is 28.9 Å². The van der Waals surface area contributed by atoms with Crippen molar-refractivity contribution in [3.05, 3.63) is 65.7 Å².